The van der Waals surface area contributed by atoms with Crippen LogP contribution in [0.2, 0.25) is 0 Å². The quantitative estimate of drug-likeness (QED) is 0.0290. The van der Waals surface area contributed by atoms with Crippen LogP contribution in [0.25, 0.3) is 11.1 Å². The summed E-state index contributed by atoms with van der Waals surface area (Å²) in [6.07, 6.45) is 3.61. The second-order valence-corrected chi connectivity index (χ2v) is 26.5. The Labute approximate surface area is 573 Å². The maximum Gasteiger partial charge on any atom is 0.416 e. The number of anilines is 2. The third-order valence-corrected chi connectivity index (χ3v) is 19.7. The number of sulfonamides is 2. The van der Waals surface area contributed by atoms with Gasteiger partial charge in [-0.25, -0.2) is 45.7 Å². The highest BCUT2D eigenvalue weighted by atomic mass is 32.2. The molecular weight excluding hydrogens is 1320 g/mol. The first-order valence-corrected chi connectivity index (χ1v) is 33.9. The van der Waals surface area contributed by atoms with Gasteiger partial charge in [-0.2, -0.15) is 0 Å². The first-order chi connectivity index (χ1) is 47.5. The average Bonchev–Trinajstić information content (AvgIpc) is 1.62. The number of carboxylic acid groups (broad SMARTS) is 1. The van der Waals surface area contributed by atoms with E-state index in [4.69, 9.17) is 42.6 Å². The van der Waals surface area contributed by atoms with Crippen LogP contribution in [0, 0.1) is 0 Å². The van der Waals surface area contributed by atoms with E-state index in [-0.39, 0.29) is 138 Å². The standard InChI is InChI=1S/C36H39N3O10S.C35H37N3O10S/c1-6-16-48-36(42)39-29-21-32(49-22-24-9-7-8-23(17-24)18-33(40)46-4)31(45-3)20-28(29)34(41)38-15-14-26(19-30(38)35(39)47-5)25-10-12-27(13-11-25)50(43,44)37-2;1-5-15-47-35(42)38-28-20-31(48-21-23-8-6-7-22(16-23)17-32(39)40)30(45-3)19-27(28)33(41)37-14-13-25(18-29(37)34(38)46-4)24-9-11-26(12-10-24)49(43,44)36-2/h6-14,17,20-21,30,35,37H,1,15-16,18-19,22H2,2-5H3;5-13,16,19-20,29,34,36H,1,14-15,17-18,21H2,2-4H3,(H,39,40)/t30-,35?;29-,34?/m00/s1. The average molecular weight is 1400 g/mol. The Morgan fingerprint density at radius 3 is 1.29 bits per heavy atom. The van der Waals surface area contributed by atoms with Gasteiger partial charge in [-0.15, -0.1) is 0 Å². The summed E-state index contributed by atoms with van der Waals surface area (Å²) >= 11 is 0. The number of fused-ring (bicyclic) bond motifs is 4. The Morgan fingerprint density at radius 2 is 0.939 bits per heavy atom. The van der Waals surface area contributed by atoms with Crippen LogP contribution in [0.15, 0.2) is 169 Å². The predicted octanol–water partition coefficient (Wildman–Crippen LogP) is 8.53. The van der Waals surface area contributed by atoms with Crippen LogP contribution in [0.4, 0.5) is 21.0 Å². The van der Waals surface area contributed by atoms with Crippen LogP contribution in [-0.4, -0.2) is 168 Å². The highest BCUT2D eigenvalue weighted by Gasteiger charge is 2.48. The lowest BCUT2D eigenvalue weighted by atomic mass is 9.93. The van der Waals surface area contributed by atoms with Crippen molar-refractivity contribution in [1.29, 1.82) is 0 Å². The molecule has 0 saturated carbocycles. The van der Waals surface area contributed by atoms with Crippen molar-refractivity contribution < 1.29 is 93.3 Å². The molecule has 99 heavy (non-hydrogen) atoms. The summed E-state index contributed by atoms with van der Waals surface area (Å²) in [6.45, 7) is 7.59. The molecule has 3 N–H and O–H groups in total. The number of nitrogens with one attached hydrogen (secondary N) is 2. The van der Waals surface area contributed by atoms with E-state index >= 15 is 0 Å². The fourth-order valence-corrected chi connectivity index (χ4v) is 13.4. The van der Waals surface area contributed by atoms with E-state index < -0.39 is 62.7 Å². The van der Waals surface area contributed by atoms with E-state index in [0.29, 0.717) is 11.1 Å². The molecule has 0 bridgehead atoms. The minimum absolute atomic E-state index is 0.0433. The number of ether oxygens (including phenoxy) is 9. The zero-order chi connectivity index (χ0) is 71.3. The highest BCUT2D eigenvalue weighted by molar-refractivity contribution is 7.89. The molecule has 6 aromatic rings. The van der Waals surface area contributed by atoms with E-state index in [9.17, 15) is 50.7 Å². The van der Waals surface area contributed by atoms with E-state index in [0.717, 1.165) is 33.4 Å². The lowest BCUT2D eigenvalue weighted by Gasteiger charge is -2.40. The lowest BCUT2D eigenvalue weighted by Crippen LogP contribution is -2.55. The third kappa shape index (κ3) is 16.5. The van der Waals surface area contributed by atoms with Gasteiger partial charge in [0, 0.05) is 39.4 Å². The maximum absolute atomic E-state index is 14.3. The van der Waals surface area contributed by atoms with Crippen molar-refractivity contribution in [2.45, 2.75) is 73.2 Å². The van der Waals surface area contributed by atoms with Crippen LogP contribution in [-0.2, 0) is 79.4 Å². The number of aliphatic carboxylic acids is 1. The monoisotopic (exact) mass is 1400 g/mol. The summed E-state index contributed by atoms with van der Waals surface area (Å²) in [5.74, 6) is -1.08. The molecule has 2 unspecified atom stereocenters. The summed E-state index contributed by atoms with van der Waals surface area (Å²) in [5.41, 5.74) is 6.73. The molecule has 0 spiro atoms. The Kier molecular flexibility index (Phi) is 23.8. The molecule has 0 aromatic heterocycles. The largest absolute Gasteiger partial charge is 0.493 e. The van der Waals surface area contributed by atoms with E-state index in [1.165, 1.54) is 114 Å². The van der Waals surface area contributed by atoms with Gasteiger partial charge in [0.25, 0.3) is 11.8 Å². The van der Waals surface area contributed by atoms with Crippen molar-refractivity contribution in [2.24, 2.45) is 0 Å². The number of methoxy groups -OCH3 is 5. The van der Waals surface area contributed by atoms with E-state index in [2.05, 4.69) is 22.6 Å². The number of hydrogen-bond acceptors (Lipinski definition) is 19. The molecule has 0 aliphatic carbocycles. The van der Waals surface area contributed by atoms with Gasteiger partial charge in [-0.3, -0.25) is 19.2 Å². The summed E-state index contributed by atoms with van der Waals surface area (Å²) in [6, 6.07) is 31.9. The number of nitrogens with zero attached hydrogens (tertiary/aromatic N) is 4. The van der Waals surface area contributed by atoms with Gasteiger partial charge in [0.15, 0.2) is 35.5 Å². The van der Waals surface area contributed by atoms with Crippen LogP contribution >= 0.6 is 0 Å². The highest BCUT2D eigenvalue weighted by Crippen LogP contribution is 2.45. The molecule has 4 aliphatic rings. The molecule has 26 nitrogen and oxygen atoms in total. The number of hydrogen-bond donors (Lipinski definition) is 3. The molecule has 4 amide bonds. The molecule has 0 fully saturated rings. The Bertz CT molecular complexity index is 4350. The van der Waals surface area contributed by atoms with Gasteiger partial charge in [0.05, 0.1) is 78.5 Å². The summed E-state index contributed by atoms with van der Waals surface area (Å²) in [5, 5.41) is 9.19. The molecule has 0 radical (unpaired) electrons. The molecule has 6 aromatic carbocycles. The first kappa shape index (κ1) is 72.9. The van der Waals surface area contributed by atoms with Crippen molar-refractivity contribution in [3.8, 4) is 23.0 Å². The normalized spacial score (nSPS) is 17.2. The van der Waals surface area contributed by atoms with Gasteiger partial charge in [-0.1, -0.05) is 110 Å². The molecule has 4 heterocycles. The number of carbonyl (C=O) groups excluding carboxylic acids is 5. The van der Waals surface area contributed by atoms with Crippen molar-refractivity contribution in [1.82, 2.24) is 19.2 Å². The van der Waals surface area contributed by atoms with Gasteiger partial charge in [-0.05, 0) is 108 Å². The number of benzene rings is 6. The van der Waals surface area contributed by atoms with Crippen LogP contribution in [0.1, 0.15) is 66.9 Å². The molecule has 522 valence electrons. The summed E-state index contributed by atoms with van der Waals surface area (Å²) < 4.78 is 105. The number of amides is 4. The molecule has 0 saturated heterocycles. The van der Waals surface area contributed by atoms with E-state index in [1.54, 1.807) is 64.4 Å². The zero-order valence-corrected chi connectivity index (χ0v) is 57.1. The van der Waals surface area contributed by atoms with Crippen molar-refractivity contribution >= 4 is 78.5 Å². The van der Waals surface area contributed by atoms with Crippen LogP contribution in [0.3, 0.4) is 0 Å². The van der Waals surface area contributed by atoms with Crippen molar-refractivity contribution in [2.75, 3.05) is 85.7 Å². The predicted molar refractivity (Wildman–Crippen MR) is 364 cm³/mol. The lowest BCUT2D eigenvalue weighted by molar-refractivity contribution is -0.140. The fourth-order valence-electron chi connectivity index (χ4n) is 11.9. The Balaban J connectivity index is 0.000000231. The minimum atomic E-state index is -3.63. The van der Waals surface area contributed by atoms with Crippen molar-refractivity contribution in [3.63, 3.8) is 0 Å². The number of rotatable bonds is 24. The molecule has 4 aliphatic heterocycles. The number of esters is 1. The molecule has 28 heteroatoms. The van der Waals surface area contributed by atoms with Crippen LogP contribution in [0.5, 0.6) is 23.0 Å². The Hall–Kier alpha value is -10.4. The number of carbonyl (C=O) groups is 6. The van der Waals surface area contributed by atoms with E-state index in [1.807, 2.05) is 36.4 Å². The van der Waals surface area contributed by atoms with Gasteiger partial charge >= 0.3 is 24.1 Å². The molecule has 10 rings (SSSR count). The third-order valence-electron chi connectivity index (χ3n) is 16.8. The minimum Gasteiger partial charge on any atom is -0.493 e. The molecule has 4 atom stereocenters. The second-order valence-electron chi connectivity index (χ2n) is 22.7. The fraction of sp³-hybridized carbons (Fsp3) is 0.296. The number of carboxylic acids is 1. The Morgan fingerprint density at radius 1 is 0.545 bits per heavy atom. The first-order valence-electron chi connectivity index (χ1n) is 31.0. The van der Waals surface area contributed by atoms with Crippen molar-refractivity contribution in [3.05, 3.63) is 203 Å². The summed E-state index contributed by atoms with van der Waals surface area (Å²) in [4.78, 5) is 85.2. The molecular formula is C71H76N6O20S2. The smallest absolute Gasteiger partial charge is 0.416 e. The van der Waals surface area contributed by atoms with Crippen LogP contribution < -0.4 is 38.2 Å². The van der Waals surface area contributed by atoms with Gasteiger partial charge in [0.1, 0.15) is 26.4 Å². The van der Waals surface area contributed by atoms with Gasteiger partial charge < -0.3 is 57.5 Å². The van der Waals surface area contributed by atoms with Gasteiger partial charge in [0.2, 0.25) is 20.0 Å². The second kappa shape index (κ2) is 32.3. The zero-order valence-electron chi connectivity index (χ0n) is 55.5. The SMILES string of the molecule is C=CCOC(=O)N1c2cc(OCc3cccc(CC(=O)O)c3)c(OC)cc2C(=O)N2CC=C(c3ccc(S(=O)(=O)NC)cc3)C[C@H]2C1OC.C=CCOC(=O)N1c2cc(OCc3cccc(CC(=O)OC)c3)c(OC)cc2C(=O)N2CC=C(c3ccc(S(=O)(=O)NC)cc3)C[C@H]2C1OC. The summed E-state index contributed by atoms with van der Waals surface area (Å²) in [7, 11) is 2.53. The topological polar surface area (TPSA) is 311 Å². The maximum atomic E-state index is 14.3.